The summed E-state index contributed by atoms with van der Waals surface area (Å²) < 4.78 is 9.46. The topological polar surface area (TPSA) is 93.1 Å². The first-order valence-electron chi connectivity index (χ1n) is 5.53. The molecule has 0 bridgehead atoms. The normalized spacial score (nSPS) is 10.9. The van der Waals surface area contributed by atoms with Gasteiger partial charge in [0, 0.05) is 0 Å². The number of phenols is 2. The van der Waals surface area contributed by atoms with Crippen LogP contribution < -0.4 is 4.74 Å². The van der Waals surface area contributed by atoms with Crippen LogP contribution in [0.25, 0.3) is 0 Å². The third-order valence-electron chi connectivity index (χ3n) is 2.29. The molecule has 0 spiro atoms. The van der Waals surface area contributed by atoms with Gasteiger partial charge in [-0.15, -0.1) is 0 Å². The zero-order valence-electron chi connectivity index (χ0n) is 11.2. The molecule has 6 nitrogen and oxygen atoms in total. The van der Waals surface area contributed by atoms with Crippen LogP contribution >= 0.6 is 0 Å². The Labute approximate surface area is 110 Å². The van der Waals surface area contributed by atoms with Crippen molar-refractivity contribution in [3.8, 4) is 17.2 Å². The lowest BCUT2D eigenvalue weighted by molar-refractivity contribution is -0.143. The fraction of sp³-hybridized carbons (Fsp3) is 0.385. The van der Waals surface area contributed by atoms with E-state index in [1.54, 1.807) is 20.8 Å². The minimum atomic E-state index is -0.788. The van der Waals surface area contributed by atoms with Crippen LogP contribution in [0.5, 0.6) is 17.2 Å². The quantitative estimate of drug-likeness (QED) is 0.483. The molecule has 104 valence electrons. The van der Waals surface area contributed by atoms with E-state index in [0.717, 1.165) is 12.1 Å². The van der Waals surface area contributed by atoms with Gasteiger partial charge in [-0.25, -0.2) is 4.79 Å². The monoisotopic (exact) mass is 268 g/mol. The zero-order chi connectivity index (χ0) is 14.8. The lowest BCUT2D eigenvalue weighted by Gasteiger charge is -2.17. The Morgan fingerprint density at radius 3 is 2.21 bits per heavy atom. The van der Waals surface area contributed by atoms with Gasteiger partial charge in [0.05, 0.1) is 18.1 Å². The number of ether oxygens (including phenoxy) is 2. The molecule has 1 rings (SSSR count). The summed E-state index contributed by atoms with van der Waals surface area (Å²) in [5.41, 5.74) is -0.821. The van der Waals surface area contributed by atoms with Gasteiger partial charge >= 0.3 is 11.9 Å². The molecule has 0 aliphatic rings. The van der Waals surface area contributed by atoms with Gasteiger partial charge in [-0.3, -0.25) is 4.79 Å². The molecule has 19 heavy (non-hydrogen) atoms. The maximum atomic E-state index is 11.7. The molecule has 0 aliphatic carbocycles. The lowest BCUT2D eigenvalue weighted by atomic mass is 9.97. The van der Waals surface area contributed by atoms with Crippen molar-refractivity contribution in [2.24, 2.45) is 5.41 Å². The highest BCUT2D eigenvalue weighted by Crippen LogP contribution is 2.37. The summed E-state index contributed by atoms with van der Waals surface area (Å²) in [6.07, 6.45) is 0. The van der Waals surface area contributed by atoms with E-state index in [-0.39, 0.29) is 11.3 Å². The van der Waals surface area contributed by atoms with Gasteiger partial charge in [0.25, 0.3) is 0 Å². The Bertz CT molecular complexity index is 513. The molecule has 0 aromatic heterocycles. The van der Waals surface area contributed by atoms with E-state index in [4.69, 9.17) is 4.74 Å². The fourth-order valence-electron chi connectivity index (χ4n) is 1.16. The van der Waals surface area contributed by atoms with E-state index in [1.807, 2.05) is 0 Å². The fourth-order valence-corrected chi connectivity index (χ4v) is 1.16. The van der Waals surface area contributed by atoms with Crippen molar-refractivity contribution < 1.29 is 29.3 Å². The first kappa shape index (κ1) is 14.8. The molecular formula is C13H16O6. The van der Waals surface area contributed by atoms with E-state index >= 15 is 0 Å². The molecule has 0 saturated heterocycles. The van der Waals surface area contributed by atoms with E-state index in [2.05, 4.69) is 4.74 Å². The van der Waals surface area contributed by atoms with Crippen molar-refractivity contribution in [1.29, 1.82) is 0 Å². The predicted octanol–water partition coefficient (Wildman–Crippen LogP) is 1.84. The SMILES string of the molecule is COC(=O)c1cc(O)c(O)c(OC(=O)C(C)(C)C)c1. The zero-order valence-corrected chi connectivity index (χ0v) is 11.2. The van der Waals surface area contributed by atoms with Gasteiger partial charge < -0.3 is 19.7 Å². The lowest BCUT2D eigenvalue weighted by Crippen LogP contribution is -2.25. The van der Waals surface area contributed by atoms with Crippen molar-refractivity contribution in [3.05, 3.63) is 17.7 Å². The number of methoxy groups -OCH3 is 1. The highest BCUT2D eigenvalue weighted by molar-refractivity contribution is 5.91. The molecule has 1 aromatic carbocycles. The Kier molecular flexibility index (Phi) is 4.04. The second kappa shape index (κ2) is 5.17. The molecule has 2 N–H and O–H groups in total. The second-order valence-electron chi connectivity index (χ2n) is 4.97. The van der Waals surface area contributed by atoms with E-state index in [0.29, 0.717) is 0 Å². The number of hydrogen-bond acceptors (Lipinski definition) is 6. The molecular weight excluding hydrogens is 252 g/mol. The van der Waals surface area contributed by atoms with Crippen molar-refractivity contribution in [2.75, 3.05) is 7.11 Å². The molecule has 0 heterocycles. The van der Waals surface area contributed by atoms with E-state index < -0.39 is 28.9 Å². The highest BCUT2D eigenvalue weighted by Gasteiger charge is 2.26. The molecule has 0 unspecified atom stereocenters. The largest absolute Gasteiger partial charge is 0.504 e. The molecule has 0 atom stereocenters. The van der Waals surface area contributed by atoms with Crippen LogP contribution in [0.4, 0.5) is 0 Å². The Morgan fingerprint density at radius 2 is 1.74 bits per heavy atom. The van der Waals surface area contributed by atoms with Crippen molar-refractivity contribution >= 4 is 11.9 Å². The number of esters is 2. The Hall–Kier alpha value is -2.24. The summed E-state index contributed by atoms with van der Waals surface area (Å²) in [5, 5.41) is 19.1. The molecule has 0 radical (unpaired) electrons. The van der Waals surface area contributed by atoms with E-state index in [1.165, 1.54) is 7.11 Å². The van der Waals surface area contributed by atoms with Crippen molar-refractivity contribution in [2.45, 2.75) is 20.8 Å². The van der Waals surface area contributed by atoms with Gasteiger partial charge in [-0.05, 0) is 32.9 Å². The van der Waals surface area contributed by atoms with Gasteiger partial charge in [0.1, 0.15) is 0 Å². The van der Waals surface area contributed by atoms with E-state index in [9.17, 15) is 19.8 Å². The van der Waals surface area contributed by atoms with Gasteiger partial charge in [-0.2, -0.15) is 0 Å². The Morgan fingerprint density at radius 1 is 1.16 bits per heavy atom. The second-order valence-corrected chi connectivity index (χ2v) is 4.97. The van der Waals surface area contributed by atoms with Crippen LogP contribution in [0.15, 0.2) is 12.1 Å². The molecule has 0 fully saturated rings. The minimum absolute atomic E-state index is 0.0329. The van der Waals surface area contributed by atoms with Crippen LogP contribution in [0.2, 0.25) is 0 Å². The number of rotatable bonds is 2. The Balaban J connectivity index is 3.17. The highest BCUT2D eigenvalue weighted by atomic mass is 16.5. The molecule has 0 saturated carbocycles. The van der Waals surface area contributed by atoms with Crippen molar-refractivity contribution in [3.63, 3.8) is 0 Å². The van der Waals surface area contributed by atoms with Gasteiger partial charge in [-0.1, -0.05) is 0 Å². The number of benzene rings is 1. The summed E-state index contributed by atoms with van der Waals surface area (Å²) in [4.78, 5) is 23.1. The van der Waals surface area contributed by atoms with Gasteiger partial charge in [0.2, 0.25) is 5.75 Å². The van der Waals surface area contributed by atoms with Crippen LogP contribution in [0.3, 0.4) is 0 Å². The average Bonchev–Trinajstić information content (AvgIpc) is 2.32. The van der Waals surface area contributed by atoms with Crippen LogP contribution in [-0.2, 0) is 9.53 Å². The van der Waals surface area contributed by atoms with Crippen LogP contribution in [0, 0.1) is 5.41 Å². The number of phenolic OH excluding ortho intramolecular Hbond substituents is 2. The molecule has 0 amide bonds. The van der Waals surface area contributed by atoms with Gasteiger partial charge in [0.15, 0.2) is 11.5 Å². The third-order valence-corrected chi connectivity index (χ3v) is 2.29. The summed E-state index contributed by atoms with van der Waals surface area (Å²) >= 11 is 0. The first-order chi connectivity index (χ1) is 8.66. The number of carbonyl (C=O) groups is 2. The third kappa shape index (κ3) is 3.37. The summed E-state index contributed by atoms with van der Waals surface area (Å²) in [6.45, 7) is 4.91. The number of aromatic hydroxyl groups is 2. The van der Waals surface area contributed by atoms with Crippen LogP contribution in [0.1, 0.15) is 31.1 Å². The molecule has 6 heteroatoms. The molecule has 0 aliphatic heterocycles. The molecule has 1 aromatic rings. The van der Waals surface area contributed by atoms with Crippen molar-refractivity contribution in [1.82, 2.24) is 0 Å². The summed E-state index contributed by atoms with van der Waals surface area (Å²) in [7, 11) is 1.17. The smallest absolute Gasteiger partial charge is 0.338 e. The maximum Gasteiger partial charge on any atom is 0.338 e. The van der Waals surface area contributed by atoms with Crippen LogP contribution in [-0.4, -0.2) is 29.3 Å². The number of hydrogen-bond donors (Lipinski definition) is 2. The predicted molar refractivity (Wildman–Crippen MR) is 66.2 cm³/mol. The minimum Gasteiger partial charge on any atom is -0.504 e. The maximum absolute atomic E-state index is 11.7. The average molecular weight is 268 g/mol. The first-order valence-corrected chi connectivity index (χ1v) is 5.53. The summed E-state index contributed by atoms with van der Waals surface area (Å²) in [6, 6.07) is 2.15. The summed E-state index contributed by atoms with van der Waals surface area (Å²) in [5.74, 6) is -2.79. The standard InChI is InChI=1S/C13H16O6/c1-13(2,3)12(17)19-9-6-7(11(16)18-4)5-8(14)10(9)15/h5-6,14-15H,1-4H3. The number of carbonyl (C=O) groups excluding carboxylic acids is 2.